The first-order valence-corrected chi connectivity index (χ1v) is 6.18. The summed E-state index contributed by atoms with van der Waals surface area (Å²) >= 11 is 4.97. The van der Waals surface area contributed by atoms with Crippen LogP contribution in [0.4, 0.5) is 0 Å². The molecule has 2 fully saturated rings. The molecule has 0 aromatic heterocycles. The molecule has 0 heterocycles. The molecule has 3 N–H and O–H groups in total. The first-order chi connectivity index (χ1) is 7.16. The first kappa shape index (κ1) is 11.8. The Kier molecular flexibility index (Phi) is 2.20. The number of carbonyl (C=O) groups excluding carboxylic acids is 1. The maximum atomic E-state index is 12.1. The molecule has 2 aliphatic rings. The van der Waals surface area contributed by atoms with Crippen LogP contribution in [0.25, 0.3) is 0 Å². The van der Waals surface area contributed by atoms with Crippen molar-refractivity contribution in [2.75, 3.05) is 0 Å². The molecule has 90 valence electrons. The largest absolute Gasteiger partial charge is 0.392 e. The second-order valence-electron chi connectivity index (χ2n) is 6.30. The van der Waals surface area contributed by atoms with Crippen LogP contribution < -0.4 is 11.1 Å². The number of thiocarbonyl (C=S) groups is 1. The molecule has 16 heavy (non-hydrogen) atoms. The molecule has 2 rings (SSSR count). The standard InChI is InChI=1S/C12H20N2OS/c1-10(2)7(11(10,3)4)14-9(15)12(5-6-12)8(13)16/h7H,5-6H2,1-4H3,(H2,13,16)(H,14,15). The Hall–Kier alpha value is -0.640. The molecule has 0 atom stereocenters. The molecule has 0 spiro atoms. The fourth-order valence-electron chi connectivity index (χ4n) is 2.54. The normalized spacial score (nSPS) is 28.2. The molecule has 0 saturated heterocycles. The van der Waals surface area contributed by atoms with E-state index in [0.29, 0.717) is 4.99 Å². The number of nitrogens with one attached hydrogen (secondary N) is 1. The highest BCUT2D eigenvalue weighted by Gasteiger charge is 2.67. The van der Waals surface area contributed by atoms with Crippen LogP contribution >= 0.6 is 12.2 Å². The van der Waals surface area contributed by atoms with E-state index in [-0.39, 0.29) is 22.8 Å². The average molecular weight is 240 g/mol. The number of hydrogen-bond acceptors (Lipinski definition) is 2. The van der Waals surface area contributed by atoms with E-state index in [1.165, 1.54) is 0 Å². The second kappa shape index (κ2) is 2.97. The van der Waals surface area contributed by atoms with E-state index in [1.807, 2.05) is 0 Å². The monoisotopic (exact) mass is 240 g/mol. The zero-order valence-electron chi connectivity index (χ0n) is 10.4. The van der Waals surface area contributed by atoms with Gasteiger partial charge in [0, 0.05) is 6.04 Å². The van der Waals surface area contributed by atoms with Gasteiger partial charge in [-0.3, -0.25) is 4.79 Å². The van der Waals surface area contributed by atoms with Gasteiger partial charge in [-0.15, -0.1) is 0 Å². The van der Waals surface area contributed by atoms with Gasteiger partial charge in [-0.05, 0) is 23.7 Å². The topological polar surface area (TPSA) is 55.1 Å². The van der Waals surface area contributed by atoms with E-state index < -0.39 is 5.41 Å². The minimum atomic E-state index is -0.524. The lowest BCUT2D eigenvalue weighted by Crippen LogP contribution is -2.42. The van der Waals surface area contributed by atoms with Gasteiger partial charge in [-0.2, -0.15) is 0 Å². The molecule has 2 aliphatic carbocycles. The molecule has 0 aromatic rings. The van der Waals surface area contributed by atoms with Crippen molar-refractivity contribution < 1.29 is 4.79 Å². The molecule has 0 aromatic carbocycles. The summed E-state index contributed by atoms with van der Waals surface area (Å²) in [6.07, 6.45) is 1.61. The van der Waals surface area contributed by atoms with Gasteiger partial charge in [0.15, 0.2) is 0 Å². The number of hydrogen-bond donors (Lipinski definition) is 2. The SMILES string of the molecule is CC1(C)C(NC(=O)C2(C(N)=S)CC2)C1(C)C. The van der Waals surface area contributed by atoms with Crippen LogP contribution in [0.5, 0.6) is 0 Å². The van der Waals surface area contributed by atoms with Gasteiger partial charge in [-0.1, -0.05) is 39.9 Å². The Morgan fingerprint density at radius 1 is 1.25 bits per heavy atom. The summed E-state index contributed by atoms with van der Waals surface area (Å²) in [5.74, 6) is 0.0312. The van der Waals surface area contributed by atoms with E-state index in [1.54, 1.807) is 0 Å². The fourth-order valence-corrected chi connectivity index (χ4v) is 2.83. The Bertz CT molecular complexity index is 355. The molecular weight excluding hydrogens is 220 g/mol. The Morgan fingerprint density at radius 2 is 1.69 bits per heavy atom. The van der Waals surface area contributed by atoms with Crippen LogP contribution in [-0.4, -0.2) is 16.9 Å². The van der Waals surface area contributed by atoms with E-state index in [0.717, 1.165) is 12.8 Å². The third-order valence-electron chi connectivity index (χ3n) is 4.95. The van der Waals surface area contributed by atoms with E-state index in [4.69, 9.17) is 18.0 Å². The van der Waals surface area contributed by atoms with Crippen LogP contribution in [0.15, 0.2) is 0 Å². The van der Waals surface area contributed by atoms with Crippen molar-refractivity contribution in [1.82, 2.24) is 5.32 Å². The zero-order valence-corrected chi connectivity index (χ0v) is 11.2. The lowest BCUT2D eigenvalue weighted by molar-refractivity contribution is -0.124. The van der Waals surface area contributed by atoms with Crippen molar-refractivity contribution in [3.05, 3.63) is 0 Å². The third-order valence-corrected chi connectivity index (χ3v) is 5.34. The summed E-state index contributed by atoms with van der Waals surface area (Å²) < 4.78 is 0. The third kappa shape index (κ3) is 1.32. The Balaban J connectivity index is 2.04. The van der Waals surface area contributed by atoms with E-state index in [9.17, 15) is 4.79 Å². The summed E-state index contributed by atoms with van der Waals surface area (Å²) in [6.45, 7) is 8.72. The highest BCUT2D eigenvalue weighted by molar-refractivity contribution is 7.80. The van der Waals surface area contributed by atoms with E-state index >= 15 is 0 Å². The molecule has 3 nitrogen and oxygen atoms in total. The predicted molar refractivity (Wildman–Crippen MR) is 67.9 cm³/mol. The van der Waals surface area contributed by atoms with Gasteiger partial charge in [0.2, 0.25) is 5.91 Å². The van der Waals surface area contributed by atoms with Crippen molar-refractivity contribution in [1.29, 1.82) is 0 Å². The minimum Gasteiger partial charge on any atom is -0.392 e. The van der Waals surface area contributed by atoms with Crippen LogP contribution in [0.3, 0.4) is 0 Å². The van der Waals surface area contributed by atoms with Crippen molar-refractivity contribution in [2.45, 2.75) is 46.6 Å². The van der Waals surface area contributed by atoms with Crippen LogP contribution in [0, 0.1) is 16.2 Å². The molecular formula is C12H20N2OS. The summed E-state index contributed by atoms with van der Waals surface area (Å²) in [7, 11) is 0. The molecule has 2 saturated carbocycles. The van der Waals surface area contributed by atoms with Gasteiger partial charge in [0.1, 0.15) is 0 Å². The summed E-state index contributed by atoms with van der Waals surface area (Å²) in [5.41, 5.74) is 5.44. The Labute approximate surface area is 102 Å². The molecule has 0 bridgehead atoms. The predicted octanol–water partition coefficient (Wildman–Crippen LogP) is 1.60. The summed E-state index contributed by atoms with van der Waals surface area (Å²) in [6, 6.07) is 0.235. The lowest BCUT2D eigenvalue weighted by Gasteiger charge is -2.14. The maximum absolute atomic E-state index is 12.1. The highest BCUT2D eigenvalue weighted by atomic mass is 32.1. The molecule has 0 unspecified atom stereocenters. The van der Waals surface area contributed by atoms with Gasteiger partial charge in [-0.25, -0.2) is 0 Å². The first-order valence-electron chi connectivity index (χ1n) is 5.77. The maximum Gasteiger partial charge on any atom is 0.233 e. The number of carbonyl (C=O) groups is 1. The quantitative estimate of drug-likeness (QED) is 0.737. The average Bonchev–Trinajstić information content (AvgIpc) is 2.99. The molecule has 1 amide bonds. The second-order valence-corrected chi connectivity index (χ2v) is 6.74. The number of amides is 1. The van der Waals surface area contributed by atoms with Crippen LogP contribution in [-0.2, 0) is 4.79 Å². The van der Waals surface area contributed by atoms with Crippen molar-refractivity contribution >= 4 is 23.1 Å². The van der Waals surface area contributed by atoms with Gasteiger partial charge >= 0.3 is 0 Å². The summed E-state index contributed by atoms with van der Waals surface area (Å²) in [5, 5.41) is 3.11. The van der Waals surface area contributed by atoms with Crippen LogP contribution in [0.2, 0.25) is 0 Å². The van der Waals surface area contributed by atoms with Crippen molar-refractivity contribution in [3.8, 4) is 0 Å². The molecule has 0 aliphatic heterocycles. The summed E-state index contributed by atoms with van der Waals surface area (Å²) in [4.78, 5) is 12.5. The highest BCUT2D eigenvalue weighted by Crippen LogP contribution is 2.63. The van der Waals surface area contributed by atoms with Gasteiger partial charge in [0.25, 0.3) is 0 Å². The van der Waals surface area contributed by atoms with Crippen molar-refractivity contribution in [2.24, 2.45) is 22.0 Å². The van der Waals surface area contributed by atoms with E-state index in [2.05, 4.69) is 33.0 Å². The van der Waals surface area contributed by atoms with Crippen LogP contribution in [0.1, 0.15) is 40.5 Å². The molecule has 0 radical (unpaired) electrons. The van der Waals surface area contributed by atoms with Gasteiger partial charge < -0.3 is 11.1 Å². The van der Waals surface area contributed by atoms with Crippen molar-refractivity contribution in [3.63, 3.8) is 0 Å². The van der Waals surface area contributed by atoms with Gasteiger partial charge in [0.05, 0.1) is 10.4 Å². The minimum absolute atomic E-state index is 0.0312. The lowest BCUT2D eigenvalue weighted by atomic mass is 10.0. The number of rotatable bonds is 3. The molecule has 4 heteroatoms. The zero-order chi connectivity index (χ0) is 12.4. The fraction of sp³-hybridized carbons (Fsp3) is 0.833. The number of nitrogens with two attached hydrogens (primary N) is 1. The smallest absolute Gasteiger partial charge is 0.233 e. The Morgan fingerprint density at radius 3 is 1.94 bits per heavy atom.